The fourth-order valence-corrected chi connectivity index (χ4v) is 2.65. The van der Waals surface area contributed by atoms with E-state index in [2.05, 4.69) is 15.6 Å². The number of pyridine rings is 1. The van der Waals surface area contributed by atoms with Crippen LogP contribution in [0.1, 0.15) is 10.4 Å². The molecule has 1 aromatic heterocycles. The smallest absolute Gasteiger partial charge is 0.257 e. The third-order valence-corrected chi connectivity index (χ3v) is 4.09. The molecule has 138 valence electrons. The van der Waals surface area contributed by atoms with Crippen molar-refractivity contribution in [2.75, 3.05) is 24.9 Å². The maximum atomic E-state index is 12.3. The van der Waals surface area contributed by atoms with E-state index in [1.807, 2.05) is 30.3 Å². The zero-order valence-corrected chi connectivity index (χ0v) is 15.6. The Morgan fingerprint density at radius 2 is 1.74 bits per heavy atom. The van der Waals surface area contributed by atoms with Crippen LogP contribution in [0, 0.1) is 0 Å². The maximum Gasteiger partial charge on any atom is 0.257 e. The maximum absolute atomic E-state index is 12.3. The number of hydrogen-bond acceptors (Lipinski definition) is 5. The summed E-state index contributed by atoms with van der Waals surface area (Å²) in [6, 6.07) is 16.0. The molecule has 1 heterocycles. The lowest BCUT2D eigenvalue weighted by atomic mass is 10.2. The van der Waals surface area contributed by atoms with E-state index >= 15 is 0 Å². The van der Waals surface area contributed by atoms with Crippen LogP contribution in [-0.4, -0.2) is 25.1 Å². The molecule has 3 rings (SSSR count). The molecule has 6 nitrogen and oxygen atoms in total. The summed E-state index contributed by atoms with van der Waals surface area (Å²) in [5, 5.41) is 6.40. The molecule has 27 heavy (non-hydrogen) atoms. The fraction of sp³-hybridized carbons (Fsp3) is 0.100. The summed E-state index contributed by atoms with van der Waals surface area (Å²) in [5.74, 6) is 1.38. The van der Waals surface area contributed by atoms with Gasteiger partial charge in [-0.15, -0.1) is 0 Å². The normalized spacial score (nSPS) is 10.2. The van der Waals surface area contributed by atoms with Gasteiger partial charge in [-0.25, -0.2) is 4.98 Å². The minimum atomic E-state index is -0.231. The summed E-state index contributed by atoms with van der Waals surface area (Å²) in [7, 11) is 3.09. The Bertz CT molecular complexity index is 931. The van der Waals surface area contributed by atoms with Crippen LogP contribution in [-0.2, 0) is 0 Å². The van der Waals surface area contributed by atoms with Crippen LogP contribution in [0.4, 0.5) is 17.2 Å². The Hall–Kier alpha value is -3.25. The molecule has 0 aliphatic carbocycles. The van der Waals surface area contributed by atoms with Gasteiger partial charge in [0.2, 0.25) is 0 Å². The van der Waals surface area contributed by atoms with E-state index < -0.39 is 0 Å². The van der Waals surface area contributed by atoms with Gasteiger partial charge in [-0.1, -0.05) is 29.8 Å². The van der Waals surface area contributed by atoms with Gasteiger partial charge in [0.1, 0.15) is 17.3 Å². The molecule has 0 aliphatic rings. The van der Waals surface area contributed by atoms with Crippen LogP contribution < -0.4 is 20.1 Å². The lowest BCUT2D eigenvalue weighted by molar-refractivity contribution is 0.102. The predicted molar refractivity (Wildman–Crippen MR) is 106 cm³/mol. The highest BCUT2D eigenvalue weighted by atomic mass is 35.5. The summed E-state index contributed by atoms with van der Waals surface area (Å²) in [5.41, 5.74) is 1.82. The Kier molecular flexibility index (Phi) is 5.78. The van der Waals surface area contributed by atoms with Crippen molar-refractivity contribution in [3.8, 4) is 11.5 Å². The number of hydrogen-bond donors (Lipinski definition) is 2. The zero-order chi connectivity index (χ0) is 19.2. The second-order valence-electron chi connectivity index (χ2n) is 5.56. The number of halogens is 1. The first-order valence-electron chi connectivity index (χ1n) is 8.11. The number of para-hydroxylation sites is 1. The molecule has 0 saturated heterocycles. The van der Waals surface area contributed by atoms with E-state index in [1.54, 1.807) is 31.4 Å². The molecular formula is C20H18ClN3O3. The van der Waals surface area contributed by atoms with E-state index in [0.717, 1.165) is 5.69 Å². The summed E-state index contributed by atoms with van der Waals surface area (Å²) in [6.07, 6.45) is 1.50. The van der Waals surface area contributed by atoms with Crippen LogP contribution in [0.2, 0.25) is 5.02 Å². The lowest BCUT2D eigenvalue weighted by Gasteiger charge is -2.13. The number of ether oxygens (including phenoxy) is 2. The first kappa shape index (κ1) is 18.5. The second kappa shape index (κ2) is 8.42. The highest BCUT2D eigenvalue weighted by Crippen LogP contribution is 2.37. The lowest BCUT2D eigenvalue weighted by Crippen LogP contribution is -2.12. The van der Waals surface area contributed by atoms with Gasteiger partial charge in [0.15, 0.2) is 0 Å². The molecule has 2 N–H and O–H groups in total. The van der Waals surface area contributed by atoms with E-state index in [4.69, 9.17) is 21.1 Å². The van der Waals surface area contributed by atoms with Gasteiger partial charge >= 0.3 is 0 Å². The predicted octanol–water partition coefficient (Wildman–Crippen LogP) is 4.75. The summed E-state index contributed by atoms with van der Waals surface area (Å²) in [4.78, 5) is 16.6. The molecule has 0 atom stereocenters. The van der Waals surface area contributed by atoms with Crippen molar-refractivity contribution >= 4 is 34.7 Å². The summed E-state index contributed by atoms with van der Waals surface area (Å²) in [6.45, 7) is 0. The topological polar surface area (TPSA) is 72.5 Å². The molecule has 0 fully saturated rings. The van der Waals surface area contributed by atoms with Crippen molar-refractivity contribution in [2.24, 2.45) is 0 Å². The molecule has 2 aromatic carbocycles. The number of amides is 1. The first-order valence-corrected chi connectivity index (χ1v) is 8.49. The Morgan fingerprint density at radius 3 is 2.37 bits per heavy atom. The molecule has 3 aromatic rings. The third kappa shape index (κ3) is 4.48. The van der Waals surface area contributed by atoms with Gasteiger partial charge in [-0.05, 0) is 24.3 Å². The van der Waals surface area contributed by atoms with Gasteiger partial charge in [0.25, 0.3) is 5.91 Å². The highest BCUT2D eigenvalue weighted by Gasteiger charge is 2.11. The molecule has 0 spiro atoms. The number of nitrogens with zero attached hydrogens (tertiary/aromatic N) is 1. The van der Waals surface area contributed by atoms with Crippen LogP contribution in [0.25, 0.3) is 0 Å². The molecule has 0 aliphatic heterocycles. The molecule has 0 radical (unpaired) electrons. The monoisotopic (exact) mass is 383 g/mol. The van der Waals surface area contributed by atoms with Crippen molar-refractivity contribution in [3.63, 3.8) is 0 Å². The van der Waals surface area contributed by atoms with E-state index in [9.17, 15) is 4.79 Å². The Balaban J connectivity index is 1.75. The molecule has 1 amide bonds. The molecule has 0 bridgehead atoms. The zero-order valence-electron chi connectivity index (χ0n) is 14.8. The molecule has 0 saturated carbocycles. The second-order valence-corrected chi connectivity index (χ2v) is 5.97. The summed E-state index contributed by atoms with van der Waals surface area (Å²) < 4.78 is 10.6. The van der Waals surface area contributed by atoms with Crippen molar-refractivity contribution < 1.29 is 14.3 Å². The number of anilines is 3. The molecule has 7 heteroatoms. The van der Waals surface area contributed by atoms with Crippen molar-refractivity contribution in [3.05, 3.63) is 71.4 Å². The number of aromatic nitrogens is 1. The largest absolute Gasteiger partial charge is 0.495 e. The number of methoxy groups -OCH3 is 2. The van der Waals surface area contributed by atoms with E-state index in [0.29, 0.717) is 33.6 Å². The Labute approximate surface area is 162 Å². The first-order chi connectivity index (χ1) is 13.1. The van der Waals surface area contributed by atoms with Crippen molar-refractivity contribution in [1.82, 2.24) is 4.98 Å². The molecular weight excluding hydrogens is 366 g/mol. The van der Waals surface area contributed by atoms with E-state index in [-0.39, 0.29) is 5.91 Å². The van der Waals surface area contributed by atoms with Crippen molar-refractivity contribution in [1.29, 1.82) is 0 Å². The Morgan fingerprint density at radius 1 is 1.00 bits per heavy atom. The number of rotatable bonds is 6. The van der Waals surface area contributed by atoms with Crippen molar-refractivity contribution in [2.45, 2.75) is 0 Å². The summed E-state index contributed by atoms with van der Waals surface area (Å²) >= 11 is 6.11. The van der Waals surface area contributed by atoms with Crippen LogP contribution in [0.3, 0.4) is 0 Å². The quantitative estimate of drug-likeness (QED) is 0.642. The van der Waals surface area contributed by atoms with Gasteiger partial charge in [0.05, 0.1) is 30.5 Å². The number of nitrogens with one attached hydrogen (secondary N) is 2. The van der Waals surface area contributed by atoms with Crippen LogP contribution >= 0.6 is 11.6 Å². The van der Waals surface area contributed by atoms with Crippen LogP contribution in [0.15, 0.2) is 60.8 Å². The number of benzene rings is 2. The van der Waals surface area contributed by atoms with Gasteiger partial charge in [-0.3, -0.25) is 4.79 Å². The van der Waals surface area contributed by atoms with Crippen LogP contribution in [0.5, 0.6) is 11.5 Å². The third-order valence-electron chi connectivity index (χ3n) is 3.79. The average molecular weight is 384 g/mol. The number of carbonyl (C=O) groups is 1. The van der Waals surface area contributed by atoms with E-state index in [1.165, 1.54) is 13.3 Å². The highest BCUT2D eigenvalue weighted by molar-refractivity contribution is 6.32. The SMILES string of the molecule is COc1cc(Nc2ccc(C(=O)Nc3ccccc3)cn2)c(OC)cc1Cl. The average Bonchev–Trinajstić information content (AvgIpc) is 2.70. The fourth-order valence-electron chi connectivity index (χ4n) is 2.42. The molecule has 0 unspecified atom stereocenters. The minimum Gasteiger partial charge on any atom is -0.495 e. The minimum absolute atomic E-state index is 0.231. The standard InChI is InChI=1S/C20H18ClN3O3/c1-26-17-11-16(18(27-2)10-15(17)21)24-19-9-8-13(12-22-19)20(25)23-14-6-4-3-5-7-14/h3-12H,1-2H3,(H,22,24)(H,23,25). The van der Waals surface area contributed by atoms with Gasteiger partial charge < -0.3 is 20.1 Å². The van der Waals surface area contributed by atoms with Gasteiger partial charge in [-0.2, -0.15) is 0 Å². The number of carbonyl (C=O) groups excluding carboxylic acids is 1. The van der Waals surface area contributed by atoms with Gasteiger partial charge in [0, 0.05) is 24.0 Å².